The number of aromatic nitrogens is 1. The van der Waals surface area contributed by atoms with Crippen molar-refractivity contribution in [2.75, 3.05) is 13.6 Å². The summed E-state index contributed by atoms with van der Waals surface area (Å²) in [6, 6.07) is 2.89. The van der Waals surface area contributed by atoms with E-state index in [0.29, 0.717) is 0 Å². The third kappa shape index (κ3) is 3.00. The Morgan fingerprint density at radius 2 is 2.16 bits per heavy atom. The summed E-state index contributed by atoms with van der Waals surface area (Å²) in [4.78, 5) is 2.62. The van der Waals surface area contributed by atoms with Gasteiger partial charge in [-0.05, 0) is 45.2 Å². The van der Waals surface area contributed by atoms with E-state index in [1.54, 1.807) is 0 Å². The zero-order valence-corrected chi connectivity index (χ0v) is 11.9. The molecular formula is C15H25N3O. The van der Waals surface area contributed by atoms with Crippen LogP contribution in [0.2, 0.25) is 0 Å². The Morgan fingerprint density at radius 1 is 1.32 bits per heavy atom. The van der Waals surface area contributed by atoms with Gasteiger partial charge in [-0.3, -0.25) is 4.90 Å². The fourth-order valence-corrected chi connectivity index (χ4v) is 3.82. The summed E-state index contributed by atoms with van der Waals surface area (Å²) in [7, 11) is 1.94. The van der Waals surface area contributed by atoms with Crippen LogP contribution in [0, 0.1) is 5.92 Å². The minimum Gasteiger partial charge on any atom is -0.360 e. The molecule has 2 aliphatic rings. The minimum atomic E-state index is 0.787. The van der Waals surface area contributed by atoms with Crippen LogP contribution in [0.1, 0.15) is 50.0 Å². The molecule has 4 heteroatoms. The monoisotopic (exact) mass is 263 g/mol. The maximum Gasteiger partial charge on any atom is 0.151 e. The second kappa shape index (κ2) is 6.06. The SMILES string of the molecule is CNCc1cc(CN2CCCC2C2CCCC2)on1. The lowest BCUT2D eigenvalue weighted by atomic mass is 9.96. The van der Waals surface area contributed by atoms with Crippen LogP contribution in [0.15, 0.2) is 10.6 Å². The van der Waals surface area contributed by atoms with Gasteiger partial charge in [0.05, 0.1) is 12.2 Å². The van der Waals surface area contributed by atoms with Gasteiger partial charge < -0.3 is 9.84 Å². The van der Waals surface area contributed by atoms with Gasteiger partial charge in [0.2, 0.25) is 0 Å². The molecule has 106 valence electrons. The molecule has 0 amide bonds. The zero-order chi connectivity index (χ0) is 13.1. The second-order valence-electron chi connectivity index (χ2n) is 6.04. The Balaban J connectivity index is 1.60. The molecule has 1 aromatic heterocycles. The molecule has 3 rings (SSSR count). The van der Waals surface area contributed by atoms with Gasteiger partial charge in [-0.25, -0.2) is 0 Å². The molecule has 0 aromatic carbocycles. The van der Waals surface area contributed by atoms with E-state index >= 15 is 0 Å². The van der Waals surface area contributed by atoms with Gasteiger partial charge in [-0.1, -0.05) is 18.0 Å². The van der Waals surface area contributed by atoms with Gasteiger partial charge in [0.25, 0.3) is 0 Å². The van der Waals surface area contributed by atoms with Crippen molar-refractivity contribution in [2.45, 2.75) is 57.7 Å². The molecule has 1 N–H and O–H groups in total. The number of likely N-dealkylation sites (tertiary alicyclic amines) is 1. The lowest BCUT2D eigenvalue weighted by Crippen LogP contribution is -2.34. The number of nitrogens with zero attached hydrogens (tertiary/aromatic N) is 2. The maximum absolute atomic E-state index is 5.46. The predicted octanol–water partition coefficient (Wildman–Crippen LogP) is 2.55. The van der Waals surface area contributed by atoms with Gasteiger partial charge in [-0.2, -0.15) is 0 Å². The highest BCUT2D eigenvalue weighted by Crippen LogP contribution is 2.36. The Bertz CT molecular complexity index is 398. The second-order valence-corrected chi connectivity index (χ2v) is 6.04. The summed E-state index contributed by atoms with van der Waals surface area (Å²) in [6.07, 6.45) is 8.46. The summed E-state index contributed by atoms with van der Waals surface area (Å²) in [6.45, 7) is 2.96. The lowest BCUT2D eigenvalue weighted by molar-refractivity contribution is 0.166. The van der Waals surface area contributed by atoms with Crippen LogP contribution in [0.5, 0.6) is 0 Å². The fourth-order valence-electron chi connectivity index (χ4n) is 3.82. The molecule has 0 spiro atoms. The predicted molar refractivity (Wildman–Crippen MR) is 74.7 cm³/mol. The van der Waals surface area contributed by atoms with E-state index in [1.807, 2.05) is 7.05 Å². The van der Waals surface area contributed by atoms with Crippen molar-refractivity contribution >= 4 is 0 Å². The standard InChI is InChI=1S/C15H25N3O/c1-16-10-13-9-14(19-17-13)11-18-8-4-7-15(18)12-5-2-3-6-12/h9,12,15-16H,2-8,10-11H2,1H3. The van der Waals surface area contributed by atoms with E-state index in [2.05, 4.69) is 21.4 Å². The highest BCUT2D eigenvalue weighted by Gasteiger charge is 2.33. The first-order valence-corrected chi connectivity index (χ1v) is 7.70. The summed E-state index contributed by atoms with van der Waals surface area (Å²) >= 11 is 0. The van der Waals surface area contributed by atoms with Crippen LogP contribution in [0.4, 0.5) is 0 Å². The molecule has 1 aliphatic heterocycles. The first kappa shape index (κ1) is 13.1. The average Bonchev–Trinajstić information content (AvgIpc) is 3.11. The normalized spacial score (nSPS) is 25.4. The van der Waals surface area contributed by atoms with Gasteiger partial charge in [0, 0.05) is 18.7 Å². The van der Waals surface area contributed by atoms with Crippen molar-refractivity contribution < 1.29 is 4.52 Å². The third-order valence-electron chi connectivity index (χ3n) is 4.68. The van der Waals surface area contributed by atoms with E-state index in [1.165, 1.54) is 45.1 Å². The van der Waals surface area contributed by atoms with Crippen molar-refractivity contribution in [1.82, 2.24) is 15.4 Å². The molecule has 1 aromatic rings. The van der Waals surface area contributed by atoms with Gasteiger partial charge in [0.1, 0.15) is 0 Å². The smallest absolute Gasteiger partial charge is 0.151 e. The molecule has 4 nitrogen and oxygen atoms in total. The first-order chi connectivity index (χ1) is 9.36. The molecule has 2 heterocycles. The molecule has 2 fully saturated rings. The number of hydrogen-bond acceptors (Lipinski definition) is 4. The topological polar surface area (TPSA) is 41.3 Å². The van der Waals surface area contributed by atoms with Crippen molar-refractivity contribution in [3.8, 4) is 0 Å². The summed E-state index contributed by atoms with van der Waals surface area (Å²) in [5.41, 5.74) is 1.01. The first-order valence-electron chi connectivity index (χ1n) is 7.70. The van der Waals surface area contributed by atoms with E-state index in [-0.39, 0.29) is 0 Å². The molecule has 0 bridgehead atoms. The molecule has 1 aliphatic carbocycles. The molecule has 19 heavy (non-hydrogen) atoms. The molecule has 1 saturated carbocycles. The van der Waals surface area contributed by atoms with E-state index in [0.717, 1.165) is 36.5 Å². The molecule has 0 radical (unpaired) electrons. The van der Waals surface area contributed by atoms with Gasteiger partial charge >= 0.3 is 0 Å². The van der Waals surface area contributed by atoms with Crippen LogP contribution in [-0.4, -0.2) is 29.7 Å². The van der Waals surface area contributed by atoms with Crippen molar-refractivity contribution in [1.29, 1.82) is 0 Å². The summed E-state index contributed by atoms with van der Waals surface area (Å²) in [5.74, 6) is 1.96. The molecule has 1 atom stereocenters. The quantitative estimate of drug-likeness (QED) is 0.886. The van der Waals surface area contributed by atoms with Gasteiger partial charge in [0.15, 0.2) is 5.76 Å². The van der Waals surface area contributed by atoms with Crippen LogP contribution < -0.4 is 5.32 Å². The number of nitrogens with one attached hydrogen (secondary N) is 1. The Hall–Kier alpha value is -0.870. The minimum absolute atomic E-state index is 0.787. The Labute approximate surface area is 115 Å². The summed E-state index contributed by atoms with van der Waals surface area (Å²) in [5, 5.41) is 7.21. The lowest BCUT2D eigenvalue weighted by Gasteiger charge is -2.28. The van der Waals surface area contributed by atoms with Crippen LogP contribution >= 0.6 is 0 Å². The maximum atomic E-state index is 5.46. The average molecular weight is 263 g/mol. The van der Waals surface area contributed by atoms with E-state index < -0.39 is 0 Å². The van der Waals surface area contributed by atoms with Crippen LogP contribution in [0.25, 0.3) is 0 Å². The zero-order valence-electron chi connectivity index (χ0n) is 11.9. The fraction of sp³-hybridized carbons (Fsp3) is 0.800. The molecular weight excluding hydrogens is 238 g/mol. The van der Waals surface area contributed by atoms with Crippen molar-refractivity contribution in [3.63, 3.8) is 0 Å². The van der Waals surface area contributed by atoms with Crippen molar-refractivity contribution in [2.24, 2.45) is 5.92 Å². The Morgan fingerprint density at radius 3 is 2.95 bits per heavy atom. The van der Waals surface area contributed by atoms with E-state index in [9.17, 15) is 0 Å². The molecule has 1 unspecified atom stereocenters. The third-order valence-corrected chi connectivity index (χ3v) is 4.68. The largest absolute Gasteiger partial charge is 0.360 e. The summed E-state index contributed by atoms with van der Waals surface area (Å²) < 4.78 is 5.46. The highest BCUT2D eigenvalue weighted by molar-refractivity contribution is 5.06. The van der Waals surface area contributed by atoms with Crippen LogP contribution in [0.3, 0.4) is 0 Å². The highest BCUT2D eigenvalue weighted by atomic mass is 16.5. The van der Waals surface area contributed by atoms with E-state index in [4.69, 9.17) is 4.52 Å². The van der Waals surface area contributed by atoms with Crippen molar-refractivity contribution in [3.05, 3.63) is 17.5 Å². The number of hydrogen-bond donors (Lipinski definition) is 1. The molecule has 1 saturated heterocycles. The Kier molecular flexibility index (Phi) is 4.18. The van der Waals surface area contributed by atoms with Crippen LogP contribution in [-0.2, 0) is 13.1 Å². The van der Waals surface area contributed by atoms with Gasteiger partial charge in [-0.15, -0.1) is 0 Å². The number of rotatable bonds is 5.